The normalized spacial score (nSPS) is 15.1. The van der Waals surface area contributed by atoms with Gasteiger partial charge in [-0.2, -0.15) is 4.31 Å². The number of rotatable bonds is 11. The van der Waals surface area contributed by atoms with Gasteiger partial charge in [0.15, 0.2) is 6.61 Å². The molecular weight excluding hydrogens is 486 g/mol. The molecule has 36 heavy (non-hydrogen) atoms. The van der Waals surface area contributed by atoms with Gasteiger partial charge in [-0.15, -0.1) is 0 Å². The molecule has 2 aromatic rings. The molecule has 1 aliphatic rings. The van der Waals surface area contributed by atoms with Gasteiger partial charge in [0.25, 0.3) is 5.91 Å². The van der Waals surface area contributed by atoms with Gasteiger partial charge in [0.2, 0.25) is 15.9 Å². The number of methoxy groups -OCH3 is 1. The summed E-state index contributed by atoms with van der Waals surface area (Å²) in [6.07, 6.45) is 0. The monoisotopic (exact) mass is 519 g/mol. The largest absolute Gasteiger partial charge is 0.497 e. The van der Waals surface area contributed by atoms with Crippen LogP contribution in [0.3, 0.4) is 0 Å². The molecule has 1 fully saturated rings. The SMILES string of the molecule is CCNC(=O)[C@@H](C)N(Cc1ccc(OC)cc1)C(=O)COc1ccc(S(=O)(=O)N2CCOCC2)cc1. The molecule has 0 spiro atoms. The number of carbonyl (C=O) groups excluding carboxylic acids is 2. The Labute approximate surface area is 212 Å². The van der Waals surface area contributed by atoms with Crippen LogP contribution in [0.2, 0.25) is 0 Å². The van der Waals surface area contributed by atoms with Crippen molar-refractivity contribution in [2.24, 2.45) is 0 Å². The zero-order valence-corrected chi connectivity index (χ0v) is 21.6. The van der Waals surface area contributed by atoms with Crippen molar-refractivity contribution in [1.82, 2.24) is 14.5 Å². The summed E-state index contributed by atoms with van der Waals surface area (Å²) in [4.78, 5) is 27.2. The number of morpholine rings is 1. The van der Waals surface area contributed by atoms with E-state index in [0.29, 0.717) is 44.3 Å². The number of carbonyl (C=O) groups is 2. The quantitative estimate of drug-likeness (QED) is 0.480. The molecule has 0 aromatic heterocycles. The van der Waals surface area contributed by atoms with Gasteiger partial charge in [-0.1, -0.05) is 12.1 Å². The molecule has 11 heteroatoms. The van der Waals surface area contributed by atoms with E-state index in [9.17, 15) is 18.0 Å². The number of ether oxygens (including phenoxy) is 3. The molecule has 1 heterocycles. The first-order valence-electron chi connectivity index (χ1n) is 11.8. The summed E-state index contributed by atoms with van der Waals surface area (Å²) in [6, 6.07) is 12.5. The second kappa shape index (κ2) is 12.7. The Bertz CT molecular complexity index is 1120. The fourth-order valence-electron chi connectivity index (χ4n) is 3.70. The molecule has 3 rings (SSSR count). The molecule has 1 N–H and O–H groups in total. The van der Waals surface area contributed by atoms with Crippen LogP contribution in [-0.2, 0) is 30.9 Å². The summed E-state index contributed by atoms with van der Waals surface area (Å²) in [5.41, 5.74) is 0.831. The Morgan fingerprint density at radius 3 is 2.25 bits per heavy atom. The van der Waals surface area contributed by atoms with Crippen LogP contribution in [-0.4, -0.2) is 82.0 Å². The number of nitrogens with zero attached hydrogens (tertiary/aromatic N) is 2. The van der Waals surface area contributed by atoms with Gasteiger partial charge in [-0.05, 0) is 55.8 Å². The third-order valence-electron chi connectivity index (χ3n) is 5.82. The molecule has 1 saturated heterocycles. The van der Waals surface area contributed by atoms with Crippen LogP contribution >= 0.6 is 0 Å². The predicted octanol–water partition coefficient (Wildman–Crippen LogP) is 1.65. The third-order valence-corrected chi connectivity index (χ3v) is 7.74. The number of amides is 2. The highest BCUT2D eigenvalue weighted by molar-refractivity contribution is 7.89. The molecule has 0 unspecified atom stereocenters. The molecule has 0 bridgehead atoms. The number of nitrogens with one attached hydrogen (secondary N) is 1. The van der Waals surface area contributed by atoms with E-state index in [-0.39, 0.29) is 29.9 Å². The van der Waals surface area contributed by atoms with Crippen molar-refractivity contribution in [3.8, 4) is 11.5 Å². The highest BCUT2D eigenvalue weighted by Gasteiger charge is 2.27. The van der Waals surface area contributed by atoms with Crippen molar-refractivity contribution >= 4 is 21.8 Å². The molecule has 0 saturated carbocycles. The predicted molar refractivity (Wildman–Crippen MR) is 133 cm³/mol. The van der Waals surface area contributed by atoms with E-state index in [1.165, 1.54) is 33.5 Å². The molecule has 0 aliphatic carbocycles. The summed E-state index contributed by atoms with van der Waals surface area (Å²) in [5, 5.41) is 2.74. The van der Waals surface area contributed by atoms with Crippen molar-refractivity contribution < 1.29 is 32.2 Å². The van der Waals surface area contributed by atoms with Crippen LogP contribution in [0.5, 0.6) is 11.5 Å². The Hall–Kier alpha value is -3.15. The van der Waals surface area contributed by atoms with Gasteiger partial charge in [0.05, 0.1) is 25.2 Å². The topological polar surface area (TPSA) is 114 Å². The number of likely N-dealkylation sites (N-methyl/N-ethyl adjacent to an activating group) is 1. The lowest BCUT2D eigenvalue weighted by Gasteiger charge is -2.28. The zero-order valence-electron chi connectivity index (χ0n) is 20.8. The van der Waals surface area contributed by atoms with E-state index in [2.05, 4.69) is 5.32 Å². The van der Waals surface area contributed by atoms with Gasteiger partial charge in [-0.25, -0.2) is 8.42 Å². The lowest BCUT2D eigenvalue weighted by atomic mass is 10.1. The molecule has 0 radical (unpaired) electrons. The van der Waals surface area contributed by atoms with Crippen molar-refractivity contribution in [1.29, 1.82) is 0 Å². The van der Waals surface area contributed by atoms with Gasteiger partial charge >= 0.3 is 0 Å². The maximum absolute atomic E-state index is 13.1. The van der Waals surface area contributed by atoms with Crippen LogP contribution < -0.4 is 14.8 Å². The van der Waals surface area contributed by atoms with Crippen LogP contribution in [0.25, 0.3) is 0 Å². The van der Waals surface area contributed by atoms with E-state index in [1.807, 2.05) is 19.1 Å². The maximum atomic E-state index is 13.1. The van der Waals surface area contributed by atoms with Crippen LogP contribution in [0.4, 0.5) is 0 Å². The Kier molecular flexibility index (Phi) is 9.68. The zero-order chi connectivity index (χ0) is 26.1. The van der Waals surface area contributed by atoms with E-state index >= 15 is 0 Å². The molecule has 2 aromatic carbocycles. The van der Waals surface area contributed by atoms with Crippen LogP contribution in [0.15, 0.2) is 53.4 Å². The first-order valence-corrected chi connectivity index (χ1v) is 13.2. The Morgan fingerprint density at radius 2 is 1.67 bits per heavy atom. The molecule has 2 amide bonds. The van der Waals surface area contributed by atoms with Crippen molar-refractivity contribution in [2.75, 3.05) is 46.6 Å². The maximum Gasteiger partial charge on any atom is 0.261 e. The molecule has 1 aliphatic heterocycles. The van der Waals surface area contributed by atoms with E-state index in [0.717, 1.165) is 5.56 Å². The molecule has 196 valence electrons. The Morgan fingerprint density at radius 1 is 1.06 bits per heavy atom. The van der Waals surface area contributed by atoms with E-state index < -0.39 is 16.1 Å². The van der Waals surface area contributed by atoms with Gasteiger partial charge in [-0.3, -0.25) is 9.59 Å². The minimum absolute atomic E-state index is 0.147. The Balaban J connectivity index is 1.68. The second-order valence-electron chi connectivity index (χ2n) is 8.22. The highest BCUT2D eigenvalue weighted by Crippen LogP contribution is 2.21. The number of hydrogen-bond acceptors (Lipinski definition) is 7. The van der Waals surface area contributed by atoms with Gasteiger partial charge < -0.3 is 24.4 Å². The number of hydrogen-bond donors (Lipinski definition) is 1. The second-order valence-corrected chi connectivity index (χ2v) is 10.2. The highest BCUT2D eigenvalue weighted by atomic mass is 32.2. The average molecular weight is 520 g/mol. The van der Waals surface area contributed by atoms with Crippen molar-refractivity contribution in [2.45, 2.75) is 31.3 Å². The summed E-state index contributed by atoms with van der Waals surface area (Å²) >= 11 is 0. The van der Waals surface area contributed by atoms with Crippen molar-refractivity contribution in [3.05, 3.63) is 54.1 Å². The molecule has 10 nitrogen and oxygen atoms in total. The van der Waals surface area contributed by atoms with E-state index in [1.54, 1.807) is 26.2 Å². The van der Waals surface area contributed by atoms with Crippen LogP contribution in [0, 0.1) is 0 Å². The summed E-state index contributed by atoms with van der Waals surface area (Å²) in [7, 11) is -2.05. The minimum Gasteiger partial charge on any atom is -0.497 e. The smallest absolute Gasteiger partial charge is 0.261 e. The number of sulfonamides is 1. The van der Waals surface area contributed by atoms with E-state index in [4.69, 9.17) is 14.2 Å². The summed E-state index contributed by atoms with van der Waals surface area (Å²) < 4.78 is 43.0. The first-order chi connectivity index (χ1) is 17.3. The van der Waals surface area contributed by atoms with Gasteiger partial charge in [0.1, 0.15) is 17.5 Å². The van der Waals surface area contributed by atoms with Crippen molar-refractivity contribution in [3.63, 3.8) is 0 Å². The van der Waals surface area contributed by atoms with Crippen LogP contribution in [0.1, 0.15) is 19.4 Å². The lowest BCUT2D eigenvalue weighted by molar-refractivity contribution is -0.142. The summed E-state index contributed by atoms with van der Waals surface area (Å²) in [5.74, 6) is 0.391. The standard InChI is InChI=1S/C25H33N3O7S/c1-4-26-25(30)19(2)28(17-20-5-7-21(33-3)8-6-20)24(29)18-35-22-9-11-23(12-10-22)36(31,32)27-13-15-34-16-14-27/h5-12,19H,4,13-18H2,1-3H3,(H,26,30)/t19-/m1/s1. The average Bonchev–Trinajstić information content (AvgIpc) is 2.91. The fraction of sp³-hybridized carbons (Fsp3) is 0.440. The number of benzene rings is 2. The lowest BCUT2D eigenvalue weighted by Crippen LogP contribution is -2.49. The molecular formula is C25H33N3O7S. The minimum atomic E-state index is -3.62. The third kappa shape index (κ3) is 6.96. The summed E-state index contributed by atoms with van der Waals surface area (Å²) in [6.45, 7) is 5.17. The van der Waals surface area contributed by atoms with Gasteiger partial charge in [0, 0.05) is 26.2 Å². The first kappa shape index (κ1) is 27.4. The molecule has 1 atom stereocenters. The fourth-order valence-corrected chi connectivity index (χ4v) is 5.11.